The maximum Gasteiger partial charge on any atom is 0.224 e. The van der Waals surface area contributed by atoms with Crippen LogP contribution in [-0.4, -0.2) is 12.5 Å². The van der Waals surface area contributed by atoms with E-state index in [2.05, 4.69) is 11.9 Å². The Morgan fingerprint density at radius 2 is 1.94 bits per heavy atom. The maximum absolute atomic E-state index is 13.1. The van der Waals surface area contributed by atoms with Crippen LogP contribution in [0.25, 0.3) is 0 Å². The molecule has 16 heavy (non-hydrogen) atoms. The fraction of sp³-hybridized carbons (Fsp3) is 0.182. The summed E-state index contributed by atoms with van der Waals surface area (Å²) in [4.78, 5) is 11.3. The molecule has 0 fully saturated rings. The van der Waals surface area contributed by atoms with Gasteiger partial charge in [-0.3, -0.25) is 4.79 Å². The Hall–Kier alpha value is -1.42. The molecule has 0 aromatic heterocycles. The van der Waals surface area contributed by atoms with Crippen molar-refractivity contribution in [3.05, 3.63) is 47.0 Å². The minimum absolute atomic E-state index is 0.0798. The Bertz CT molecular complexity index is 400. The van der Waals surface area contributed by atoms with Crippen molar-refractivity contribution in [3.63, 3.8) is 0 Å². The van der Waals surface area contributed by atoms with Gasteiger partial charge < -0.3 is 5.32 Å². The number of hydrogen-bond acceptors (Lipinski definition) is 1. The van der Waals surface area contributed by atoms with Gasteiger partial charge in [-0.25, -0.2) is 8.78 Å². The SMILES string of the molecule is C=C(Cl)CNC(=O)Cc1c(F)cccc1F. The quantitative estimate of drug-likeness (QED) is 0.867. The van der Waals surface area contributed by atoms with Gasteiger partial charge in [0.1, 0.15) is 11.6 Å². The van der Waals surface area contributed by atoms with Crippen molar-refractivity contribution in [2.45, 2.75) is 6.42 Å². The second kappa shape index (κ2) is 5.61. The monoisotopic (exact) mass is 245 g/mol. The molecular formula is C11H10ClF2NO. The van der Waals surface area contributed by atoms with Crippen molar-refractivity contribution in [2.75, 3.05) is 6.54 Å². The van der Waals surface area contributed by atoms with Crippen LogP contribution in [0, 0.1) is 11.6 Å². The summed E-state index contributed by atoms with van der Waals surface area (Å²) in [7, 11) is 0. The van der Waals surface area contributed by atoms with Gasteiger partial charge in [-0.2, -0.15) is 0 Å². The molecule has 1 aromatic rings. The molecule has 0 unspecified atom stereocenters. The molecule has 0 saturated heterocycles. The molecule has 0 aliphatic carbocycles. The maximum atomic E-state index is 13.1. The number of carbonyl (C=O) groups excluding carboxylic acids is 1. The van der Waals surface area contributed by atoms with E-state index in [4.69, 9.17) is 11.6 Å². The Kier molecular flexibility index (Phi) is 4.43. The highest BCUT2D eigenvalue weighted by Crippen LogP contribution is 2.12. The van der Waals surface area contributed by atoms with E-state index in [9.17, 15) is 13.6 Å². The number of amides is 1. The van der Waals surface area contributed by atoms with Crippen molar-refractivity contribution in [3.8, 4) is 0 Å². The van der Waals surface area contributed by atoms with Crippen LogP contribution in [0.5, 0.6) is 0 Å². The fourth-order valence-electron chi connectivity index (χ4n) is 1.12. The molecule has 0 aliphatic heterocycles. The van der Waals surface area contributed by atoms with Gasteiger partial charge in [-0.15, -0.1) is 0 Å². The van der Waals surface area contributed by atoms with Gasteiger partial charge in [-0.1, -0.05) is 24.2 Å². The number of halogens is 3. The molecule has 0 saturated carbocycles. The summed E-state index contributed by atoms with van der Waals surface area (Å²) in [5.41, 5.74) is -0.250. The van der Waals surface area contributed by atoms with Crippen molar-refractivity contribution in [1.29, 1.82) is 0 Å². The van der Waals surface area contributed by atoms with Crippen LogP contribution in [0.15, 0.2) is 29.8 Å². The molecule has 0 spiro atoms. The van der Waals surface area contributed by atoms with Crippen molar-refractivity contribution in [2.24, 2.45) is 0 Å². The standard InChI is InChI=1S/C11H10ClF2NO/c1-7(12)6-15-11(16)5-8-9(13)3-2-4-10(8)14/h2-4H,1,5-6H2,(H,15,16). The zero-order chi connectivity index (χ0) is 12.1. The first kappa shape index (κ1) is 12.6. The van der Waals surface area contributed by atoms with Crippen LogP contribution in [0.1, 0.15) is 5.56 Å². The summed E-state index contributed by atoms with van der Waals surface area (Å²) >= 11 is 5.43. The number of carbonyl (C=O) groups is 1. The lowest BCUT2D eigenvalue weighted by Crippen LogP contribution is -2.26. The lowest BCUT2D eigenvalue weighted by molar-refractivity contribution is -0.120. The van der Waals surface area contributed by atoms with E-state index in [-0.39, 0.29) is 23.6 Å². The predicted octanol–water partition coefficient (Wildman–Crippen LogP) is 2.38. The third-order valence-corrected chi connectivity index (χ3v) is 2.01. The Morgan fingerprint density at radius 3 is 2.44 bits per heavy atom. The van der Waals surface area contributed by atoms with Crippen LogP contribution in [-0.2, 0) is 11.2 Å². The molecule has 2 nitrogen and oxygen atoms in total. The smallest absolute Gasteiger partial charge is 0.224 e. The predicted molar refractivity (Wildman–Crippen MR) is 58.1 cm³/mol. The molecule has 5 heteroatoms. The van der Waals surface area contributed by atoms with Gasteiger partial charge in [0, 0.05) is 10.6 Å². The molecule has 0 bridgehead atoms. The summed E-state index contributed by atoms with van der Waals surface area (Å²) in [5.74, 6) is -1.98. The summed E-state index contributed by atoms with van der Waals surface area (Å²) in [5, 5.41) is 2.63. The van der Waals surface area contributed by atoms with E-state index < -0.39 is 17.5 Å². The van der Waals surface area contributed by atoms with Gasteiger partial charge in [0.05, 0.1) is 13.0 Å². The molecule has 0 atom stereocenters. The van der Waals surface area contributed by atoms with Gasteiger partial charge in [0.25, 0.3) is 0 Å². The summed E-state index contributed by atoms with van der Waals surface area (Å²) < 4.78 is 26.3. The Morgan fingerprint density at radius 1 is 1.38 bits per heavy atom. The summed E-state index contributed by atoms with van der Waals surface area (Å²) in [6.45, 7) is 3.45. The van der Waals surface area contributed by atoms with E-state index in [1.54, 1.807) is 0 Å². The zero-order valence-electron chi connectivity index (χ0n) is 8.40. The number of nitrogens with one attached hydrogen (secondary N) is 1. The van der Waals surface area contributed by atoms with Crippen molar-refractivity contribution < 1.29 is 13.6 Å². The Labute approximate surface area is 96.9 Å². The Balaban J connectivity index is 2.66. The minimum atomic E-state index is -0.736. The van der Waals surface area contributed by atoms with Crippen molar-refractivity contribution in [1.82, 2.24) is 5.32 Å². The van der Waals surface area contributed by atoms with Crippen LogP contribution in [0.4, 0.5) is 8.78 Å². The number of rotatable bonds is 4. The van der Waals surface area contributed by atoms with Crippen molar-refractivity contribution >= 4 is 17.5 Å². The number of hydrogen-bond donors (Lipinski definition) is 1. The lowest BCUT2D eigenvalue weighted by Gasteiger charge is -2.05. The van der Waals surface area contributed by atoms with Gasteiger partial charge in [0.15, 0.2) is 0 Å². The first-order chi connectivity index (χ1) is 7.50. The van der Waals surface area contributed by atoms with E-state index >= 15 is 0 Å². The number of benzene rings is 1. The highest BCUT2D eigenvalue weighted by atomic mass is 35.5. The lowest BCUT2D eigenvalue weighted by atomic mass is 10.1. The normalized spacial score (nSPS) is 9.94. The first-order valence-electron chi connectivity index (χ1n) is 4.53. The summed E-state index contributed by atoms with van der Waals surface area (Å²) in [6.07, 6.45) is -0.358. The molecule has 1 aromatic carbocycles. The van der Waals surface area contributed by atoms with Crippen LogP contribution >= 0.6 is 11.6 Å². The molecule has 1 rings (SSSR count). The first-order valence-corrected chi connectivity index (χ1v) is 4.91. The summed E-state index contributed by atoms with van der Waals surface area (Å²) in [6, 6.07) is 3.45. The third kappa shape index (κ3) is 3.62. The average Bonchev–Trinajstić information content (AvgIpc) is 2.21. The molecule has 1 amide bonds. The molecule has 0 heterocycles. The van der Waals surface area contributed by atoms with E-state index in [0.717, 1.165) is 12.1 Å². The minimum Gasteiger partial charge on any atom is -0.351 e. The topological polar surface area (TPSA) is 29.1 Å². The largest absolute Gasteiger partial charge is 0.351 e. The van der Waals surface area contributed by atoms with Gasteiger partial charge >= 0.3 is 0 Å². The van der Waals surface area contributed by atoms with Crippen LogP contribution in [0.3, 0.4) is 0 Å². The molecule has 86 valence electrons. The van der Waals surface area contributed by atoms with Crippen LogP contribution in [0.2, 0.25) is 0 Å². The molecular weight excluding hydrogens is 236 g/mol. The molecule has 1 N–H and O–H groups in total. The fourth-order valence-corrected chi connectivity index (χ4v) is 1.19. The van der Waals surface area contributed by atoms with E-state index in [0.29, 0.717) is 0 Å². The average molecular weight is 246 g/mol. The van der Waals surface area contributed by atoms with Gasteiger partial charge in [0.2, 0.25) is 5.91 Å². The zero-order valence-corrected chi connectivity index (χ0v) is 9.15. The molecule has 0 radical (unpaired) electrons. The molecule has 0 aliphatic rings. The second-order valence-electron chi connectivity index (χ2n) is 3.17. The van der Waals surface area contributed by atoms with E-state index in [1.165, 1.54) is 6.07 Å². The second-order valence-corrected chi connectivity index (χ2v) is 3.71. The highest BCUT2D eigenvalue weighted by molar-refractivity contribution is 6.29. The third-order valence-electron chi connectivity index (χ3n) is 1.88. The highest BCUT2D eigenvalue weighted by Gasteiger charge is 2.12. The van der Waals surface area contributed by atoms with Crippen LogP contribution < -0.4 is 5.32 Å². The van der Waals surface area contributed by atoms with E-state index in [1.807, 2.05) is 0 Å². The van der Waals surface area contributed by atoms with Gasteiger partial charge in [-0.05, 0) is 12.1 Å².